The third kappa shape index (κ3) is 53.7. The summed E-state index contributed by atoms with van der Waals surface area (Å²) in [5, 5.41) is 0. The van der Waals surface area contributed by atoms with Gasteiger partial charge in [-0.05, 0) is 89.9 Å². The first-order valence-corrected chi connectivity index (χ1v) is 28.4. The van der Waals surface area contributed by atoms with Crippen molar-refractivity contribution < 1.29 is 28.6 Å². The van der Waals surface area contributed by atoms with E-state index in [0.717, 1.165) is 103 Å². The minimum Gasteiger partial charge on any atom is -0.462 e. The van der Waals surface area contributed by atoms with Crippen LogP contribution in [0.5, 0.6) is 0 Å². The molecule has 0 saturated heterocycles. The number of allylic oxidation sites excluding steroid dienone is 12. The summed E-state index contributed by atoms with van der Waals surface area (Å²) in [6.45, 7) is 6.50. The molecule has 386 valence electrons. The summed E-state index contributed by atoms with van der Waals surface area (Å²) in [7, 11) is 0. The van der Waals surface area contributed by atoms with Gasteiger partial charge in [0.25, 0.3) is 0 Å². The van der Waals surface area contributed by atoms with Crippen molar-refractivity contribution in [2.45, 2.75) is 284 Å². The lowest BCUT2D eigenvalue weighted by Crippen LogP contribution is -2.30. The predicted molar refractivity (Wildman–Crippen MR) is 288 cm³/mol. The largest absolute Gasteiger partial charge is 0.462 e. The molecule has 0 amide bonds. The van der Waals surface area contributed by atoms with Crippen molar-refractivity contribution in [1.82, 2.24) is 0 Å². The molecular weight excluding hydrogens is 829 g/mol. The highest BCUT2D eigenvalue weighted by Gasteiger charge is 2.19. The Hall–Kier alpha value is -3.15. The predicted octanol–water partition coefficient (Wildman–Crippen LogP) is 19.0. The van der Waals surface area contributed by atoms with Gasteiger partial charge in [-0.3, -0.25) is 14.4 Å². The molecule has 0 heterocycles. The van der Waals surface area contributed by atoms with Gasteiger partial charge in [0.15, 0.2) is 6.10 Å². The van der Waals surface area contributed by atoms with E-state index >= 15 is 0 Å². The lowest BCUT2D eigenvalue weighted by molar-refractivity contribution is -0.167. The van der Waals surface area contributed by atoms with Crippen LogP contribution in [0.15, 0.2) is 72.9 Å². The van der Waals surface area contributed by atoms with Crippen LogP contribution in [0.4, 0.5) is 0 Å². The van der Waals surface area contributed by atoms with Gasteiger partial charge in [0, 0.05) is 19.3 Å². The van der Waals surface area contributed by atoms with E-state index in [9.17, 15) is 14.4 Å². The summed E-state index contributed by atoms with van der Waals surface area (Å²) < 4.78 is 16.8. The summed E-state index contributed by atoms with van der Waals surface area (Å²) in [6.07, 6.45) is 70.3. The zero-order valence-corrected chi connectivity index (χ0v) is 44.2. The zero-order valence-electron chi connectivity index (χ0n) is 44.2. The average Bonchev–Trinajstić information content (AvgIpc) is 3.33. The van der Waals surface area contributed by atoms with Crippen molar-refractivity contribution in [3.63, 3.8) is 0 Å². The van der Waals surface area contributed by atoms with E-state index in [1.807, 2.05) is 0 Å². The molecule has 0 spiro atoms. The van der Waals surface area contributed by atoms with Gasteiger partial charge >= 0.3 is 17.9 Å². The van der Waals surface area contributed by atoms with Gasteiger partial charge in [0.1, 0.15) is 13.2 Å². The Morgan fingerprint density at radius 1 is 0.313 bits per heavy atom. The molecule has 67 heavy (non-hydrogen) atoms. The van der Waals surface area contributed by atoms with Crippen LogP contribution in [0.1, 0.15) is 278 Å². The van der Waals surface area contributed by atoms with E-state index in [2.05, 4.69) is 93.7 Å². The normalized spacial score (nSPS) is 12.6. The number of rotatable bonds is 51. The number of carbonyl (C=O) groups is 3. The highest BCUT2D eigenvalue weighted by atomic mass is 16.6. The van der Waals surface area contributed by atoms with Crippen molar-refractivity contribution >= 4 is 17.9 Å². The second-order valence-corrected chi connectivity index (χ2v) is 18.8. The fourth-order valence-corrected chi connectivity index (χ4v) is 7.93. The van der Waals surface area contributed by atoms with Crippen LogP contribution < -0.4 is 0 Å². The first-order chi connectivity index (χ1) is 33.0. The van der Waals surface area contributed by atoms with Gasteiger partial charge in [0.05, 0.1) is 0 Å². The molecule has 1 atom stereocenters. The molecule has 0 aliphatic carbocycles. The van der Waals surface area contributed by atoms with Crippen LogP contribution >= 0.6 is 0 Å². The summed E-state index contributed by atoms with van der Waals surface area (Å²) >= 11 is 0. The molecule has 0 rings (SSSR count). The molecule has 0 aliphatic heterocycles. The van der Waals surface area contributed by atoms with Crippen LogP contribution in [-0.4, -0.2) is 37.2 Å². The smallest absolute Gasteiger partial charge is 0.306 e. The zero-order chi connectivity index (χ0) is 48.6. The maximum Gasteiger partial charge on any atom is 0.306 e. The van der Waals surface area contributed by atoms with Gasteiger partial charge in [0.2, 0.25) is 0 Å². The van der Waals surface area contributed by atoms with Crippen molar-refractivity contribution in [1.29, 1.82) is 0 Å². The molecule has 0 fully saturated rings. The SMILES string of the molecule is CC/C=C\C/C=C\C/C=C\C/C=C\C/C=C\CCCCCC(=O)OC[C@@H](COC(=O)CCCCCCC/C=C\CCCCCC)OC(=O)CCCCCCCCCCCCCCCCCCC. The molecule has 0 N–H and O–H groups in total. The van der Waals surface area contributed by atoms with E-state index in [1.165, 1.54) is 135 Å². The van der Waals surface area contributed by atoms with E-state index in [1.54, 1.807) is 0 Å². The molecule has 0 bridgehead atoms. The molecule has 6 heteroatoms. The number of ether oxygens (including phenoxy) is 3. The highest BCUT2D eigenvalue weighted by Crippen LogP contribution is 2.16. The Morgan fingerprint density at radius 2 is 0.582 bits per heavy atom. The lowest BCUT2D eigenvalue weighted by Gasteiger charge is -2.18. The summed E-state index contributed by atoms with van der Waals surface area (Å²) in [5.41, 5.74) is 0. The Balaban J connectivity index is 4.42. The third-order valence-electron chi connectivity index (χ3n) is 12.2. The third-order valence-corrected chi connectivity index (χ3v) is 12.2. The van der Waals surface area contributed by atoms with E-state index in [-0.39, 0.29) is 31.1 Å². The van der Waals surface area contributed by atoms with E-state index in [0.29, 0.717) is 19.3 Å². The minimum absolute atomic E-state index is 0.0884. The molecule has 6 nitrogen and oxygen atoms in total. The molecule has 0 aromatic carbocycles. The molecule has 0 aliphatic rings. The van der Waals surface area contributed by atoms with Crippen molar-refractivity contribution in [2.24, 2.45) is 0 Å². The number of unbranched alkanes of at least 4 members (excludes halogenated alkanes) is 28. The number of esters is 3. The van der Waals surface area contributed by atoms with Gasteiger partial charge in [-0.1, -0.05) is 241 Å². The summed E-state index contributed by atoms with van der Waals surface area (Å²) in [5.74, 6) is -0.920. The molecule has 0 saturated carbocycles. The second kappa shape index (κ2) is 55.4. The fourth-order valence-electron chi connectivity index (χ4n) is 7.93. The number of hydrogen-bond donors (Lipinski definition) is 0. The van der Waals surface area contributed by atoms with Gasteiger partial charge < -0.3 is 14.2 Å². The summed E-state index contributed by atoms with van der Waals surface area (Å²) in [4.78, 5) is 38.1. The Kier molecular flexibility index (Phi) is 52.8. The van der Waals surface area contributed by atoms with Crippen LogP contribution in [-0.2, 0) is 28.6 Å². The molecule has 0 unspecified atom stereocenters. The standard InChI is InChI=1S/C61H106O6/c1-4-7-10-13-16-19-22-25-27-29-30-32-33-36-39-42-45-48-51-54-60(63)66-57-58(56-65-59(62)53-50-47-44-41-38-35-24-21-18-15-12-9-6-3)67-61(64)55-52-49-46-43-40-37-34-31-28-26-23-20-17-14-11-8-5-2/h7,10,16,19,21,24-25,27,30,32,36,39,58H,4-6,8-9,11-15,17-18,20,22-23,26,28-29,31,33-35,37-38,40-57H2,1-3H3/b10-7-,19-16-,24-21-,27-25-,32-30-,39-36-/t58-/m1/s1. The number of hydrogen-bond acceptors (Lipinski definition) is 6. The van der Waals surface area contributed by atoms with Crippen molar-refractivity contribution in [2.75, 3.05) is 13.2 Å². The average molecular weight is 936 g/mol. The van der Waals surface area contributed by atoms with Crippen LogP contribution in [0.25, 0.3) is 0 Å². The van der Waals surface area contributed by atoms with Crippen molar-refractivity contribution in [3.05, 3.63) is 72.9 Å². The molecule has 0 aromatic rings. The molecule has 0 aromatic heterocycles. The lowest BCUT2D eigenvalue weighted by atomic mass is 10.0. The highest BCUT2D eigenvalue weighted by molar-refractivity contribution is 5.71. The first kappa shape index (κ1) is 63.8. The fraction of sp³-hybridized carbons (Fsp3) is 0.754. The Bertz CT molecular complexity index is 1260. The number of carbonyl (C=O) groups excluding carboxylic acids is 3. The van der Waals surface area contributed by atoms with Gasteiger partial charge in [-0.2, -0.15) is 0 Å². The first-order valence-electron chi connectivity index (χ1n) is 28.4. The Morgan fingerprint density at radius 3 is 0.955 bits per heavy atom. The molecular formula is C61H106O6. The Labute approximate surface area is 414 Å². The van der Waals surface area contributed by atoms with Gasteiger partial charge in [-0.15, -0.1) is 0 Å². The monoisotopic (exact) mass is 935 g/mol. The van der Waals surface area contributed by atoms with Crippen LogP contribution in [0.3, 0.4) is 0 Å². The second-order valence-electron chi connectivity index (χ2n) is 18.8. The maximum atomic E-state index is 12.8. The minimum atomic E-state index is -0.791. The van der Waals surface area contributed by atoms with Gasteiger partial charge in [-0.25, -0.2) is 0 Å². The van der Waals surface area contributed by atoms with Crippen LogP contribution in [0, 0.1) is 0 Å². The van der Waals surface area contributed by atoms with Crippen LogP contribution in [0.2, 0.25) is 0 Å². The quantitative estimate of drug-likeness (QED) is 0.0262. The molecule has 0 radical (unpaired) electrons. The van der Waals surface area contributed by atoms with E-state index < -0.39 is 6.10 Å². The van der Waals surface area contributed by atoms with Crippen molar-refractivity contribution in [3.8, 4) is 0 Å². The summed E-state index contributed by atoms with van der Waals surface area (Å²) in [6, 6.07) is 0. The topological polar surface area (TPSA) is 78.9 Å². The maximum absolute atomic E-state index is 12.8. The van der Waals surface area contributed by atoms with E-state index in [4.69, 9.17) is 14.2 Å².